The summed E-state index contributed by atoms with van der Waals surface area (Å²) >= 11 is 1.62. The van der Waals surface area contributed by atoms with Crippen LogP contribution in [0.25, 0.3) is 17.2 Å². The normalized spacial score (nSPS) is 14.8. The van der Waals surface area contributed by atoms with Gasteiger partial charge < -0.3 is 5.73 Å². The van der Waals surface area contributed by atoms with Gasteiger partial charge in [0.15, 0.2) is 0 Å². The molecule has 0 saturated heterocycles. The second-order valence-corrected chi connectivity index (χ2v) is 6.00. The number of hydrogen-bond donors (Lipinski definition) is 1. The molecule has 22 heavy (non-hydrogen) atoms. The van der Waals surface area contributed by atoms with Crippen LogP contribution in [0.2, 0.25) is 0 Å². The monoisotopic (exact) mass is 304 g/mol. The fourth-order valence-corrected chi connectivity index (χ4v) is 3.37. The van der Waals surface area contributed by atoms with Crippen LogP contribution in [0.4, 0.5) is 5.82 Å². The largest absolute Gasteiger partial charge is 0.383 e. The van der Waals surface area contributed by atoms with Gasteiger partial charge in [-0.1, -0.05) is 6.07 Å². The zero-order valence-corrected chi connectivity index (χ0v) is 13.0. The van der Waals surface area contributed by atoms with Crippen LogP contribution in [-0.2, 0) is 0 Å². The van der Waals surface area contributed by atoms with Crippen molar-refractivity contribution in [2.75, 3.05) is 5.73 Å². The highest BCUT2D eigenvalue weighted by Crippen LogP contribution is 2.44. The maximum Gasteiger partial charge on any atom is 0.142 e. The Labute approximate surface area is 132 Å². The molecule has 4 nitrogen and oxygen atoms in total. The van der Waals surface area contributed by atoms with E-state index in [4.69, 9.17) is 5.73 Å². The number of rotatable bonds is 1. The summed E-state index contributed by atoms with van der Waals surface area (Å²) < 4.78 is 0. The standard InChI is InChI=1S/C17H12N4S/c1-9-12(6-11-4-3-5-22-11)15-10(2)14(8-19)17(20)21-16(15)13(9)7-18/h3-6H,1-2H3,(H2,20,21)/b12-6+. The molecule has 0 fully saturated rings. The highest BCUT2D eigenvalue weighted by Gasteiger charge is 2.29. The van der Waals surface area contributed by atoms with Crippen molar-refractivity contribution in [3.63, 3.8) is 0 Å². The van der Waals surface area contributed by atoms with Gasteiger partial charge in [0, 0.05) is 10.4 Å². The summed E-state index contributed by atoms with van der Waals surface area (Å²) in [6.45, 7) is 3.76. The van der Waals surface area contributed by atoms with E-state index < -0.39 is 0 Å². The molecule has 2 aromatic heterocycles. The molecule has 2 aromatic rings. The maximum atomic E-state index is 9.46. The van der Waals surface area contributed by atoms with Crippen LogP contribution in [0.3, 0.4) is 0 Å². The number of allylic oxidation sites excluding steroid dienone is 3. The number of aromatic nitrogens is 1. The van der Waals surface area contributed by atoms with Gasteiger partial charge in [-0.3, -0.25) is 0 Å². The molecule has 0 spiro atoms. The molecule has 0 unspecified atom stereocenters. The Kier molecular flexibility index (Phi) is 3.29. The molecule has 1 aliphatic carbocycles. The molecule has 106 valence electrons. The Morgan fingerprint density at radius 2 is 2.05 bits per heavy atom. The lowest BCUT2D eigenvalue weighted by Gasteiger charge is -2.10. The van der Waals surface area contributed by atoms with Gasteiger partial charge in [-0.05, 0) is 48.1 Å². The van der Waals surface area contributed by atoms with Crippen molar-refractivity contribution in [1.82, 2.24) is 4.98 Å². The van der Waals surface area contributed by atoms with Crippen molar-refractivity contribution in [1.29, 1.82) is 10.5 Å². The second kappa shape index (κ2) is 5.14. The molecule has 5 heteroatoms. The van der Waals surface area contributed by atoms with Crippen LogP contribution in [0.1, 0.15) is 34.2 Å². The van der Waals surface area contributed by atoms with Gasteiger partial charge in [0.25, 0.3) is 0 Å². The quantitative estimate of drug-likeness (QED) is 0.869. The van der Waals surface area contributed by atoms with Crippen LogP contribution in [0.5, 0.6) is 0 Å². The van der Waals surface area contributed by atoms with E-state index in [0.717, 1.165) is 27.2 Å². The zero-order valence-electron chi connectivity index (χ0n) is 12.1. The molecule has 0 aromatic carbocycles. The summed E-state index contributed by atoms with van der Waals surface area (Å²) in [4.78, 5) is 5.40. The third-order valence-electron chi connectivity index (χ3n) is 3.81. The SMILES string of the molecule is CC1=C(C#N)c2nc(N)c(C#N)c(C)c2/C1=C/c1cccs1. The molecule has 0 atom stereocenters. The topological polar surface area (TPSA) is 86.5 Å². The Balaban J connectivity index is 2.36. The van der Waals surface area contributed by atoms with Crippen molar-refractivity contribution in [3.05, 3.63) is 50.3 Å². The summed E-state index contributed by atoms with van der Waals surface area (Å²) in [6.07, 6.45) is 2.04. The van der Waals surface area contributed by atoms with Gasteiger partial charge in [-0.25, -0.2) is 4.98 Å². The van der Waals surface area contributed by atoms with E-state index in [1.807, 2.05) is 37.4 Å². The summed E-state index contributed by atoms with van der Waals surface area (Å²) in [5, 5.41) is 20.8. The number of hydrogen-bond acceptors (Lipinski definition) is 5. The van der Waals surface area contributed by atoms with Gasteiger partial charge >= 0.3 is 0 Å². The first-order valence-corrected chi connectivity index (χ1v) is 7.54. The summed E-state index contributed by atoms with van der Waals surface area (Å²) in [5.74, 6) is 0.177. The van der Waals surface area contributed by atoms with E-state index in [0.29, 0.717) is 16.8 Å². The van der Waals surface area contributed by atoms with Crippen LogP contribution in [0, 0.1) is 29.6 Å². The van der Waals surface area contributed by atoms with Gasteiger partial charge in [-0.15, -0.1) is 11.3 Å². The minimum absolute atomic E-state index is 0.177. The van der Waals surface area contributed by atoms with E-state index in [2.05, 4.69) is 17.1 Å². The maximum absolute atomic E-state index is 9.46. The molecule has 1 aliphatic rings. The van der Waals surface area contributed by atoms with Crippen molar-refractivity contribution in [2.24, 2.45) is 0 Å². The number of pyridine rings is 1. The molecular weight excluding hydrogens is 292 g/mol. The predicted octanol–water partition coefficient (Wildman–Crippen LogP) is 3.76. The van der Waals surface area contributed by atoms with E-state index in [1.54, 1.807) is 11.3 Å². The molecule has 2 heterocycles. The third-order valence-corrected chi connectivity index (χ3v) is 4.63. The van der Waals surface area contributed by atoms with E-state index in [1.165, 1.54) is 0 Å². The number of thiophene rings is 1. The molecule has 0 saturated carbocycles. The summed E-state index contributed by atoms with van der Waals surface area (Å²) in [7, 11) is 0. The predicted molar refractivity (Wildman–Crippen MR) is 88.5 cm³/mol. The number of nitrogens with two attached hydrogens (primary N) is 1. The average Bonchev–Trinajstić information content (AvgIpc) is 3.07. The first-order valence-electron chi connectivity index (χ1n) is 6.66. The minimum Gasteiger partial charge on any atom is -0.383 e. The molecule has 0 bridgehead atoms. The molecule has 0 aliphatic heterocycles. The molecule has 0 amide bonds. The number of nitrogens with zero attached hydrogens (tertiary/aromatic N) is 3. The fraction of sp³-hybridized carbons (Fsp3) is 0.118. The van der Waals surface area contributed by atoms with Crippen molar-refractivity contribution >= 4 is 34.4 Å². The Morgan fingerprint density at radius 3 is 2.64 bits per heavy atom. The lowest BCUT2D eigenvalue weighted by atomic mass is 9.97. The van der Waals surface area contributed by atoms with E-state index >= 15 is 0 Å². The Morgan fingerprint density at radius 1 is 1.27 bits per heavy atom. The fourth-order valence-electron chi connectivity index (χ4n) is 2.71. The zero-order chi connectivity index (χ0) is 15.9. The van der Waals surface area contributed by atoms with Gasteiger partial charge in [0.2, 0.25) is 0 Å². The molecule has 2 N–H and O–H groups in total. The highest BCUT2D eigenvalue weighted by molar-refractivity contribution is 7.10. The first kappa shape index (κ1) is 14.1. The van der Waals surface area contributed by atoms with E-state index in [9.17, 15) is 10.5 Å². The van der Waals surface area contributed by atoms with Crippen LogP contribution >= 0.6 is 11.3 Å². The molecule has 3 rings (SSSR count). The molecule has 0 radical (unpaired) electrons. The van der Waals surface area contributed by atoms with Crippen molar-refractivity contribution < 1.29 is 0 Å². The Hall–Kier alpha value is -2.89. The third kappa shape index (κ3) is 1.92. The van der Waals surface area contributed by atoms with Crippen LogP contribution in [-0.4, -0.2) is 4.98 Å². The minimum atomic E-state index is 0.177. The number of nitrogen functional groups attached to an aromatic ring is 1. The molecular formula is C17H12N4S. The first-order chi connectivity index (χ1) is 10.6. The smallest absolute Gasteiger partial charge is 0.142 e. The van der Waals surface area contributed by atoms with Gasteiger partial charge in [-0.2, -0.15) is 10.5 Å². The van der Waals surface area contributed by atoms with Crippen LogP contribution in [0.15, 0.2) is 23.1 Å². The highest BCUT2D eigenvalue weighted by atomic mass is 32.1. The second-order valence-electron chi connectivity index (χ2n) is 5.02. The van der Waals surface area contributed by atoms with Gasteiger partial charge in [0.1, 0.15) is 18.0 Å². The van der Waals surface area contributed by atoms with Crippen LogP contribution < -0.4 is 5.73 Å². The van der Waals surface area contributed by atoms with E-state index in [-0.39, 0.29) is 5.82 Å². The lowest BCUT2D eigenvalue weighted by molar-refractivity contribution is 1.22. The number of anilines is 1. The summed E-state index contributed by atoms with van der Waals surface area (Å²) in [6, 6.07) is 8.31. The summed E-state index contributed by atoms with van der Waals surface area (Å²) in [5.41, 5.74) is 10.8. The van der Waals surface area contributed by atoms with Gasteiger partial charge in [0.05, 0.1) is 16.8 Å². The van der Waals surface area contributed by atoms with Crippen molar-refractivity contribution in [3.8, 4) is 12.1 Å². The lowest BCUT2D eigenvalue weighted by Crippen LogP contribution is -2.03. The van der Waals surface area contributed by atoms with Crippen molar-refractivity contribution in [2.45, 2.75) is 13.8 Å². The average molecular weight is 304 g/mol. The Bertz CT molecular complexity index is 919. The number of nitriles is 2. The number of fused-ring (bicyclic) bond motifs is 1.